The summed E-state index contributed by atoms with van der Waals surface area (Å²) in [5.74, 6) is -0.704. The molecule has 0 aliphatic rings. The van der Waals surface area contributed by atoms with Gasteiger partial charge in [-0.3, -0.25) is 9.59 Å². The van der Waals surface area contributed by atoms with Gasteiger partial charge in [0, 0.05) is 25.6 Å². The average molecular weight is 249 g/mol. The number of carbonyl (C=O) groups is 2. The Morgan fingerprint density at radius 1 is 1.17 bits per heavy atom. The number of hydrogen-bond donors (Lipinski definition) is 1. The van der Waals surface area contributed by atoms with Gasteiger partial charge in [0.1, 0.15) is 0 Å². The molecule has 98 valence electrons. The number of amides is 1. The Morgan fingerprint density at radius 2 is 1.78 bits per heavy atom. The van der Waals surface area contributed by atoms with Crippen molar-refractivity contribution in [3.05, 3.63) is 29.8 Å². The Hall–Kier alpha value is -1.84. The Kier molecular flexibility index (Phi) is 5.36. The quantitative estimate of drug-likeness (QED) is 0.842. The first-order valence-electron chi connectivity index (χ1n) is 6.12. The lowest BCUT2D eigenvalue weighted by Gasteiger charge is -2.17. The van der Waals surface area contributed by atoms with Crippen LogP contribution in [0.2, 0.25) is 0 Å². The van der Waals surface area contributed by atoms with Crippen molar-refractivity contribution < 1.29 is 14.7 Å². The summed E-state index contributed by atoms with van der Waals surface area (Å²) in [5.41, 5.74) is 1.81. The van der Waals surface area contributed by atoms with Crippen LogP contribution in [0.25, 0.3) is 0 Å². The lowest BCUT2D eigenvalue weighted by atomic mass is 10.1. The molecule has 0 bridgehead atoms. The van der Waals surface area contributed by atoms with Gasteiger partial charge >= 0.3 is 5.97 Å². The van der Waals surface area contributed by atoms with E-state index in [4.69, 9.17) is 5.11 Å². The molecule has 0 saturated carbocycles. The van der Waals surface area contributed by atoms with E-state index < -0.39 is 5.97 Å². The molecule has 0 heterocycles. The molecule has 0 spiro atoms. The van der Waals surface area contributed by atoms with Crippen molar-refractivity contribution in [2.45, 2.75) is 32.6 Å². The molecule has 0 aromatic heterocycles. The largest absolute Gasteiger partial charge is 0.481 e. The van der Waals surface area contributed by atoms with Crippen LogP contribution in [-0.4, -0.2) is 24.0 Å². The molecule has 0 atom stereocenters. The minimum atomic E-state index is -0.797. The second kappa shape index (κ2) is 6.79. The zero-order chi connectivity index (χ0) is 13.5. The summed E-state index contributed by atoms with van der Waals surface area (Å²) in [7, 11) is 1.75. The zero-order valence-corrected chi connectivity index (χ0v) is 10.8. The highest BCUT2D eigenvalue weighted by Crippen LogP contribution is 2.16. The predicted molar refractivity (Wildman–Crippen MR) is 70.7 cm³/mol. The van der Waals surface area contributed by atoms with E-state index in [2.05, 4.69) is 0 Å². The molecule has 0 radical (unpaired) electrons. The van der Waals surface area contributed by atoms with Crippen LogP contribution in [0.3, 0.4) is 0 Å². The number of hydrogen-bond acceptors (Lipinski definition) is 2. The van der Waals surface area contributed by atoms with Gasteiger partial charge in [-0.1, -0.05) is 19.1 Å². The third-order valence-electron chi connectivity index (χ3n) is 2.79. The maximum atomic E-state index is 11.7. The fourth-order valence-corrected chi connectivity index (χ4v) is 1.66. The first-order chi connectivity index (χ1) is 8.54. The second-order valence-electron chi connectivity index (χ2n) is 4.26. The van der Waals surface area contributed by atoms with Crippen LogP contribution in [0.5, 0.6) is 0 Å². The number of carboxylic acids is 1. The van der Waals surface area contributed by atoms with E-state index in [9.17, 15) is 9.59 Å². The summed E-state index contributed by atoms with van der Waals surface area (Å²) in [6.07, 6.45) is 2.02. The smallest absolute Gasteiger partial charge is 0.303 e. The molecular formula is C14H19NO3. The SMILES string of the molecule is CCCC(=O)N(C)c1ccc(CCC(=O)O)cc1. The monoisotopic (exact) mass is 249 g/mol. The second-order valence-corrected chi connectivity index (χ2v) is 4.26. The minimum Gasteiger partial charge on any atom is -0.481 e. The Labute approximate surface area is 107 Å². The average Bonchev–Trinajstić information content (AvgIpc) is 2.36. The van der Waals surface area contributed by atoms with E-state index in [0.717, 1.165) is 17.7 Å². The number of aryl methyl sites for hydroxylation is 1. The van der Waals surface area contributed by atoms with Gasteiger partial charge in [-0.15, -0.1) is 0 Å². The molecule has 1 aromatic carbocycles. The van der Waals surface area contributed by atoms with Crippen LogP contribution in [0.4, 0.5) is 5.69 Å². The van der Waals surface area contributed by atoms with Gasteiger partial charge in [-0.25, -0.2) is 0 Å². The number of carbonyl (C=O) groups excluding carboxylic acids is 1. The Balaban J connectivity index is 2.64. The van der Waals surface area contributed by atoms with Gasteiger partial charge < -0.3 is 10.0 Å². The van der Waals surface area contributed by atoms with Crippen LogP contribution < -0.4 is 4.90 Å². The van der Waals surface area contributed by atoms with Gasteiger partial charge in [-0.2, -0.15) is 0 Å². The highest BCUT2D eigenvalue weighted by atomic mass is 16.4. The predicted octanol–water partition coefficient (Wildman–Crippen LogP) is 2.47. The summed E-state index contributed by atoms with van der Waals surface area (Å²) < 4.78 is 0. The van der Waals surface area contributed by atoms with E-state index in [-0.39, 0.29) is 12.3 Å². The summed E-state index contributed by atoms with van der Waals surface area (Å²) >= 11 is 0. The number of rotatable bonds is 6. The van der Waals surface area contributed by atoms with Gasteiger partial charge in [0.2, 0.25) is 5.91 Å². The van der Waals surface area contributed by atoms with E-state index in [1.165, 1.54) is 0 Å². The van der Waals surface area contributed by atoms with E-state index in [1.807, 2.05) is 31.2 Å². The molecule has 1 rings (SSSR count). The Morgan fingerprint density at radius 3 is 2.28 bits per heavy atom. The maximum Gasteiger partial charge on any atom is 0.303 e. The van der Waals surface area contributed by atoms with Crippen molar-refractivity contribution in [3.63, 3.8) is 0 Å². The van der Waals surface area contributed by atoms with Crippen LogP contribution in [0, 0.1) is 0 Å². The van der Waals surface area contributed by atoms with Crippen LogP contribution in [-0.2, 0) is 16.0 Å². The topological polar surface area (TPSA) is 57.6 Å². The lowest BCUT2D eigenvalue weighted by molar-refractivity contribution is -0.137. The van der Waals surface area contributed by atoms with Gasteiger partial charge in [-0.05, 0) is 30.5 Å². The first kappa shape index (κ1) is 14.2. The van der Waals surface area contributed by atoms with E-state index >= 15 is 0 Å². The van der Waals surface area contributed by atoms with Crippen LogP contribution >= 0.6 is 0 Å². The van der Waals surface area contributed by atoms with Crippen molar-refractivity contribution in [3.8, 4) is 0 Å². The number of anilines is 1. The van der Waals surface area contributed by atoms with Crippen molar-refractivity contribution >= 4 is 17.6 Å². The summed E-state index contributed by atoms with van der Waals surface area (Å²) in [6.45, 7) is 1.97. The van der Waals surface area contributed by atoms with Crippen LogP contribution in [0.1, 0.15) is 31.7 Å². The highest BCUT2D eigenvalue weighted by Gasteiger charge is 2.09. The fraction of sp³-hybridized carbons (Fsp3) is 0.429. The molecule has 0 fully saturated rings. The number of benzene rings is 1. The molecule has 0 aliphatic heterocycles. The van der Waals surface area contributed by atoms with Gasteiger partial charge in [0.25, 0.3) is 0 Å². The number of carboxylic acid groups (broad SMARTS) is 1. The molecule has 4 nitrogen and oxygen atoms in total. The van der Waals surface area contributed by atoms with Crippen molar-refractivity contribution in [1.29, 1.82) is 0 Å². The summed E-state index contributed by atoms with van der Waals surface area (Å²) in [4.78, 5) is 23.8. The van der Waals surface area contributed by atoms with Crippen molar-refractivity contribution in [2.24, 2.45) is 0 Å². The molecule has 0 unspecified atom stereocenters. The molecule has 1 amide bonds. The first-order valence-corrected chi connectivity index (χ1v) is 6.12. The molecule has 0 saturated heterocycles. The highest BCUT2D eigenvalue weighted by molar-refractivity contribution is 5.92. The van der Waals surface area contributed by atoms with E-state index in [1.54, 1.807) is 11.9 Å². The van der Waals surface area contributed by atoms with Crippen molar-refractivity contribution in [2.75, 3.05) is 11.9 Å². The number of aliphatic carboxylic acids is 1. The van der Waals surface area contributed by atoms with Crippen molar-refractivity contribution in [1.82, 2.24) is 0 Å². The summed E-state index contributed by atoms with van der Waals surface area (Å²) in [5, 5.41) is 8.60. The summed E-state index contributed by atoms with van der Waals surface area (Å²) in [6, 6.07) is 7.44. The maximum absolute atomic E-state index is 11.7. The lowest BCUT2D eigenvalue weighted by Crippen LogP contribution is -2.25. The molecular weight excluding hydrogens is 230 g/mol. The fourth-order valence-electron chi connectivity index (χ4n) is 1.66. The minimum absolute atomic E-state index is 0.0933. The third kappa shape index (κ3) is 4.20. The van der Waals surface area contributed by atoms with Gasteiger partial charge in [0.05, 0.1) is 0 Å². The zero-order valence-electron chi connectivity index (χ0n) is 10.8. The van der Waals surface area contributed by atoms with Crippen LogP contribution in [0.15, 0.2) is 24.3 Å². The third-order valence-corrected chi connectivity index (χ3v) is 2.79. The molecule has 4 heteroatoms. The standard InChI is InChI=1S/C14H19NO3/c1-3-4-13(16)15(2)12-8-5-11(6-9-12)7-10-14(17)18/h5-6,8-9H,3-4,7,10H2,1-2H3,(H,17,18). The van der Waals surface area contributed by atoms with Gasteiger partial charge in [0.15, 0.2) is 0 Å². The normalized spacial score (nSPS) is 10.1. The molecule has 1 aromatic rings. The molecule has 18 heavy (non-hydrogen) atoms. The Bertz CT molecular complexity index is 412. The molecule has 0 aliphatic carbocycles. The van der Waals surface area contributed by atoms with E-state index in [0.29, 0.717) is 12.8 Å². The number of nitrogens with zero attached hydrogens (tertiary/aromatic N) is 1. The molecule has 1 N–H and O–H groups in total.